The Balaban J connectivity index is 1.92. The average Bonchev–Trinajstić information content (AvgIpc) is 2.89. The van der Waals surface area contributed by atoms with Crippen molar-refractivity contribution in [1.82, 2.24) is 0 Å². The van der Waals surface area contributed by atoms with Crippen LogP contribution in [0, 0.1) is 0 Å². The van der Waals surface area contributed by atoms with Crippen LogP contribution in [0.2, 0.25) is 0 Å². The maximum absolute atomic E-state index is 12.0. The Morgan fingerprint density at radius 1 is 1.24 bits per heavy atom. The van der Waals surface area contributed by atoms with E-state index in [2.05, 4.69) is 0 Å². The monoisotopic (exact) mass is 246 g/mol. The third kappa shape index (κ3) is 3.24. The number of rotatable bonds is 4. The first-order valence-corrected chi connectivity index (χ1v) is 6.50. The summed E-state index contributed by atoms with van der Waals surface area (Å²) in [5.41, 5.74) is 1.06. The molecule has 88 valence electrons. The highest BCUT2D eigenvalue weighted by Gasteiger charge is 2.15. The van der Waals surface area contributed by atoms with E-state index in [1.54, 1.807) is 6.26 Å². The minimum absolute atomic E-state index is 0.0730. The van der Waals surface area contributed by atoms with Crippen LogP contribution >= 0.6 is 11.8 Å². The zero-order chi connectivity index (χ0) is 12.1. The molecule has 17 heavy (non-hydrogen) atoms. The van der Waals surface area contributed by atoms with Crippen LogP contribution in [0.3, 0.4) is 0 Å². The van der Waals surface area contributed by atoms with Crippen LogP contribution in [0.1, 0.15) is 24.2 Å². The van der Waals surface area contributed by atoms with E-state index in [4.69, 9.17) is 4.42 Å². The van der Waals surface area contributed by atoms with Crippen LogP contribution in [-0.4, -0.2) is 5.12 Å². The molecule has 2 rings (SSSR count). The van der Waals surface area contributed by atoms with Crippen molar-refractivity contribution >= 4 is 16.9 Å². The first-order chi connectivity index (χ1) is 8.27. The highest BCUT2D eigenvalue weighted by atomic mass is 32.2. The van der Waals surface area contributed by atoms with Crippen LogP contribution in [-0.2, 0) is 10.5 Å². The topological polar surface area (TPSA) is 30.2 Å². The standard InChI is InChI=1S/C14H14O2S/c1-11(12-6-3-2-4-7-12)14(15)17-10-13-8-5-9-16-13/h2-9,11H,10H2,1H3. The van der Waals surface area contributed by atoms with Crippen molar-refractivity contribution in [2.24, 2.45) is 0 Å². The Bertz CT molecular complexity index is 462. The Morgan fingerprint density at radius 2 is 2.00 bits per heavy atom. The van der Waals surface area contributed by atoms with E-state index in [1.165, 1.54) is 11.8 Å². The molecule has 2 aromatic rings. The molecule has 1 heterocycles. The maximum Gasteiger partial charge on any atom is 0.196 e. The van der Waals surface area contributed by atoms with Crippen molar-refractivity contribution in [2.75, 3.05) is 0 Å². The number of hydrogen-bond acceptors (Lipinski definition) is 3. The summed E-state index contributed by atoms with van der Waals surface area (Å²) in [5, 5.41) is 0.174. The van der Waals surface area contributed by atoms with E-state index in [9.17, 15) is 4.79 Å². The minimum Gasteiger partial charge on any atom is -0.468 e. The molecule has 0 saturated carbocycles. The van der Waals surface area contributed by atoms with Crippen molar-refractivity contribution in [1.29, 1.82) is 0 Å². The summed E-state index contributed by atoms with van der Waals surface area (Å²) in [4.78, 5) is 12.0. The molecule has 2 nitrogen and oxygen atoms in total. The van der Waals surface area contributed by atoms with Gasteiger partial charge in [0.05, 0.1) is 17.9 Å². The molecule has 0 aliphatic rings. The molecule has 0 spiro atoms. The lowest BCUT2D eigenvalue weighted by atomic mass is 10.0. The SMILES string of the molecule is CC(C(=O)SCc1ccco1)c1ccccc1. The van der Waals surface area contributed by atoms with E-state index in [1.807, 2.05) is 49.4 Å². The molecule has 0 N–H and O–H groups in total. The Hall–Kier alpha value is -1.48. The number of hydrogen-bond donors (Lipinski definition) is 0. The number of furan rings is 1. The van der Waals surface area contributed by atoms with Crippen LogP contribution in [0.25, 0.3) is 0 Å². The van der Waals surface area contributed by atoms with Gasteiger partial charge in [-0.2, -0.15) is 0 Å². The first-order valence-electron chi connectivity index (χ1n) is 5.51. The number of thioether (sulfide) groups is 1. The zero-order valence-corrected chi connectivity index (χ0v) is 10.4. The van der Waals surface area contributed by atoms with Gasteiger partial charge < -0.3 is 4.42 Å². The van der Waals surface area contributed by atoms with Gasteiger partial charge in [-0.05, 0) is 17.7 Å². The van der Waals surface area contributed by atoms with Gasteiger partial charge in [-0.15, -0.1) is 0 Å². The van der Waals surface area contributed by atoms with Gasteiger partial charge >= 0.3 is 0 Å². The molecule has 0 aliphatic carbocycles. The largest absolute Gasteiger partial charge is 0.468 e. The molecular formula is C14H14O2S. The predicted octanol–water partition coefficient (Wildman–Crippen LogP) is 3.84. The molecule has 1 unspecified atom stereocenters. The third-order valence-electron chi connectivity index (χ3n) is 2.59. The van der Waals surface area contributed by atoms with Crippen LogP contribution < -0.4 is 0 Å². The summed E-state index contributed by atoms with van der Waals surface area (Å²) >= 11 is 1.30. The van der Waals surface area contributed by atoms with Crippen LogP contribution in [0.4, 0.5) is 0 Å². The summed E-state index contributed by atoms with van der Waals surface area (Å²) in [6.45, 7) is 1.94. The van der Waals surface area contributed by atoms with E-state index in [0.29, 0.717) is 5.75 Å². The van der Waals surface area contributed by atoms with Gasteiger partial charge in [0.15, 0.2) is 5.12 Å². The fraction of sp³-hybridized carbons (Fsp3) is 0.214. The summed E-state index contributed by atoms with van der Waals surface area (Å²) in [6.07, 6.45) is 1.63. The van der Waals surface area contributed by atoms with Gasteiger partial charge in [-0.1, -0.05) is 49.0 Å². The van der Waals surface area contributed by atoms with Gasteiger partial charge in [-0.3, -0.25) is 4.79 Å². The summed E-state index contributed by atoms with van der Waals surface area (Å²) in [5.74, 6) is 1.36. The van der Waals surface area contributed by atoms with E-state index >= 15 is 0 Å². The highest BCUT2D eigenvalue weighted by Crippen LogP contribution is 2.24. The third-order valence-corrected chi connectivity index (χ3v) is 3.66. The van der Waals surface area contributed by atoms with Crippen molar-refractivity contribution in [3.8, 4) is 0 Å². The van der Waals surface area contributed by atoms with Gasteiger partial charge in [-0.25, -0.2) is 0 Å². The quantitative estimate of drug-likeness (QED) is 0.821. The van der Waals surface area contributed by atoms with E-state index < -0.39 is 0 Å². The second kappa shape index (κ2) is 5.73. The summed E-state index contributed by atoms with van der Waals surface area (Å²) < 4.78 is 5.20. The molecule has 0 radical (unpaired) electrons. The van der Waals surface area contributed by atoms with Gasteiger partial charge in [0.1, 0.15) is 5.76 Å². The zero-order valence-electron chi connectivity index (χ0n) is 9.63. The number of carbonyl (C=O) groups excluding carboxylic acids is 1. The molecule has 0 saturated heterocycles. The van der Waals surface area contributed by atoms with Gasteiger partial charge in [0.2, 0.25) is 0 Å². The number of carbonyl (C=O) groups is 1. The first kappa shape index (κ1) is 12.0. The summed E-state index contributed by atoms with van der Waals surface area (Å²) in [6, 6.07) is 13.5. The second-order valence-corrected chi connectivity index (χ2v) is 4.80. The summed E-state index contributed by atoms with van der Waals surface area (Å²) in [7, 11) is 0. The molecular weight excluding hydrogens is 232 g/mol. The fourth-order valence-corrected chi connectivity index (χ4v) is 2.37. The number of benzene rings is 1. The molecule has 1 atom stereocenters. The lowest BCUT2D eigenvalue weighted by Crippen LogP contribution is -2.04. The smallest absolute Gasteiger partial charge is 0.196 e. The van der Waals surface area contributed by atoms with Crippen molar-refractivity contribution in [3.05, 3.63) is 60.1 Å². The van der Waals surface area contributed by atoms with Crippen LogP contribution in [0.15, 0.2) is 53.1 Å². The molecule has 0 fully saturated rings. The molecule has 0 bridgehead atoms. The second-order valence-electron chi connectivity index (χ2n) is 3.82. The minimum atomic E-state index is -0.0730. The predicted molar refractivity (Wildman–Crippen MR) is 69.9 cm³/mol. The Labute approximate surface area is 105 Å². The molecule has 3 heteroatoms. The van der Waals surface area contributed by atoms with E-state index in [0.717, 1.165) is 11.3 Å². The molecule has 1 aromatic heterocycles. The van der Waals surface area contributed by atoms with Crippen molar-refractivity contribution in [2.45, 2.75) is 18.6 Å². The van der Waals surface area contributed by atoms with Gasteiger partial charge in [0, 0.05) is 0 Å². The maximum atomic E-state index is 12.0. The normalized spacial score (nSPS) is 12.3. The van der Waals surface area contributed by atoms with Crippen molar-refractivity contribution < 1.29 is 9.21 Å². The van der Waals surface area contributed by atoms with Gasteiger partial charge in [0.25, 0.3) is 0 Å². The Kier molecular flexibility index (Phi) is 4.04. The lowest BCUT2D eigenvalue weighted by Gasteiger charge is -2.09. The molecule has 0 aliphatic heterocycles. The Morgan fingerprint density at radius 3 is 2.65 bits per heavy atom. The van der Waals surface area contributed by atoms with Crippen LogP contribution in [0.5, 0.6) is 0 Å². The molecule has 1 aromatic carbocycles. The fourth-order valence-electron chi connectivity index (χ4n) is 1.54. The highest BCUT2D eigenvalue weighted by molar-refractivity contribution is 8.13. The molecule has 0 amide bonds. The van der Waals surface area contributed by atoms with Crippen molar-refractivity contribution in [3.63, 3.8) is 0 Å². The van der Waals surface area contributed by atoms with E-state index in [-0.39, 0.29) is 11.0 Å². The average molecular weight is 246 g/mol. The lowest BCUT2D eigenvalue weighted by molar-refractivity contribution is -0.111.